The molecule has 1 heterocycles. The predicted molar refractivity (Wildman–Crippen MR) is 103 cm³/mol. The molecule has 1 aliphatic rings. The van der Waals surface area contributed by atoms with E-state index in [2.05, 4.69) is 5.32 Å². The molecule has 1 aliphatic heterocycles. The van der Waals surface area contributed by atoms with Crippen LogP contribution in [0.2, 0.25) is 0 Å². The minimum Gasteiger partial charge on any atom is -0.316 e. The number of amides is 2. The molecule has 4 rings (SSSR count). The van der Waals surface area contributed by atoms with E-state index in [-0.39, 0.29) is 15.8 Å². The van der Waals surface area contributed by atoms with Crippen LogP contribution in [0.4, 0.5) is 10.5 Å². The highest BCUT2D eigenvalue weighted by Gasteiger charge is 2.23. The first-order valence-electron chi connectivity index (χ1n) is 8.57. The van der Waals surface area contributed by atoms with Crippen LogP contribution in [-0.4, -0.2) is 19.3 Å². The molecule has 3 aromatic carbocycles. The van der Waals surface area contributed by atoms with Crippen LogP contribution in [0, 0.1) is 0 Å². The monoisotopic (exact) mass is 378 g/mol. The van der Waals surface area contributed by atoms with Crippen molar-refractivity contribution in [2.24, 2.45) is 0 Å². The summed E-state index contributed by atoms with van der Waals surface area (Å²) in [5.74, 6) is 0. The highest BCUT2D eigenvalue weighted by molar-refractivity contribution is 7.91. The summed E-state index contributed by atoms with van der Waals surface area (Å²) >= 11 is 0. The van der Waals surface area contributed by atoms with Gasteiger partial charge in [-0.05, 0) is 47.5 Å². The maximum atomic E-state index is 12.6. The standard InChI is InChI=1S/C21H18N2O3S/c24-21(23-14-16-6-4-5-7-17(16)15-23)22-18-10-12-20(13-11-18)27(25,26)19-8-2-1-3-9-19/h1-13H,14-15H2,(H,22,24). The normalized spacial score (nSPS) is 13.3. The van der Waals surface area contributed by atoms with Crippen molar-refractivity contribution in [1.82, 2.24) is 4.90 Å². The van der Waals surface area contributed by atoms with E-state index in [9.17, 15) is 13.2 Å². The highest BCUT2D eigenvalue weighted by atomic mass is 32.2. The molecule has 0 aliphatic carbocycles. The second kappa shape index (κ2) is 6.89. The van der Waals surface area contributed by atoms with E-state index in [1.54, 1.807) is 47.4 Å². The number of nitrogens with one attached hydrogen (secondary N) is 1. The Hall–Kier alpha value is -3.12. The number of carbonyl (C=O) groups is 1. The lowest BCUT2D eigenvalue weighted by molar-refractivity contribution is 0.212. The van der Waals surface area contributed by atoms with E-state index in [4.69, 9.17) is 0 Å². The first kappa shape index (κ1) is 17.3. The zero-order valence-corrected chi connectivity index (χ0v) is 15.3. The van der Waals surface area contributed by atoms with E-state index in [1.165, 1.54) is 12.1 Å². The third kappa shape index (κ3) is 3.44. The molecule has 0 saturated carbocycles. The molecule has 0 unspecified atom stereocenters. The van der Waals surface area contributed by atoms with E-state index in [0.29, 0.717) is 18.8 Å². The number of hydrogen-bond acceptors (Lipinski definition) is 3. The van der Waals surface area contributed by atoms with Crippen LogP contribution in [0.25, 0.3) is 0 Å². The quantitative estimate of drug-likeness (QED) is 0.747. The third-order valence-electron chi connectivity index (χ3n) is 4.60. The van der Waals surface area contributed by atoms with Gasteiger partial charge < -0.3 is 10.2 Å². The summed E-state index contributed by atoms with van der Waals surface area (Å²) in [7, 11) is -3.56. The molecule has 0 aromatic heterocycles. The molecular weight excluding hydrogens is 360 g/mol. The summed E-state index contributed by atoms with van der Waals surface area (Å²) in [5.41, 5.74) is 2.86. The van der Waals surface area contributed by atoms with Gasteiger partial charge in [0.05, 0.1) is 9.79 Å². The highest BCUT2D eigenvalue weighted by Crippen LogP contribution is 2.24. The van der Waals surface area contributed by atoms with Gasteiger partial charge in [-0.1, -0.05) is 42.5 Å². The number of hydrogen-bond donors (Lipinski definition) is 1. The number of sulfone groups is 1. The van der Waals surface area contributed by atoms with Gasteiger partial charge in [-0.3, -0.25) is 0 Å². The fourth-order valence-corrected chi connectivity index (χ4v) is 4.41. The first-order valence-corrected chi connectivity index (χ1v) is 10.1. The molecule has 27 heavy (non-hydrogen) atoms. The minimum absolute atomic E-state index is 0.195. The number of fused-ring (bicyclic) bond motifs is 1. The Kier molecular flexibility index (Phi) is 4.41. The molecule has 6 heteroatoms. The van der Waals surface area contributed by atoms with Crippen LogP contribution in [-0.2, 0) is 22.9 Å². The average molecular weight is 378 g/mol. The fraction of sp³-hybridized carbons (Fsp3) is 0.0952. The lowest BCUT2D eigenvalue weighted by Gasteiger charge is -2.16. The molecule has 2 amide bonds. The molecule has 136 valence electrons. The van der Waals surface area contributed by atoms with Gasteiger partial charge in [0.1, 0.15) is 0 Å². The molecule has 0 radical (unpaired) electrons. The SMILES string of the molecule is O=C(Nc1ccc(S(=O)(=O)c2ccccc2)cc1)N1Cc2ccccc2C1. The summed E-state index contributed by atoms with van der Waals surface area (Å²) in [6, 6.07) is 22.3. The minimum atomic E-state index is -3.56. The van der Waals surface area contributed by atoms with Gasteiger partial charge in [0.25, 0.3) is 0 Å². The van der Waals surface area contributed by atoms with Crippen LogP contribution < -0.4 is 5.32 Å². The number of rotatable bonds is 3. The van der Waals surface area contributed by atoms with Crippen molar-refractivity contribution in [1.29, 1.82) is 0 Å². The van der Waals surface area contributed by atoms with Gasteiger partial charge in [0.15, 0.2) is 0 Å². The lowest BCUT2D eigenvalue weighted by atomic mass is 10.1. The van der Waals surface area contributed by atoms with E-state index < -0.39 is 9.84 Å². The molecule has 0 atom stereocenters. The molecule has 1 N–H and O–H groups in total. The van der Waals surface area contributed by atoms with Gasteiger partial charge in [-0.15, -0.1) is 0 Å². The van der Waals surface area contributed by atoms with Gasteiger partial charge >= 0.3 is 6.03 Å². The Morgan fingerprint density at radius 2 is 1.26 bits per heavy atom. The Morgan fingerprint density at radius 3 is 1.85 bits per heavy atom. The van der Waals surface area contributed by atoms with Crippen LogP contribution in [0.15, 0.2) is 88.7 Å². The second-order valence-electron chi connectivity index (χ2n) is 6.40. The molecule has 0 spiro atoms. The Bertz CT molecular complexity index is 1050. The van der Waals surface area contributed by atoms with Crippen molar-refractivity contribution in [3.8, 4) is 0 Å². The van der Waals surface area contributed by atoms with Crippen molar-refractivity contribution in [2.75, 3.05) is 5.32 Å². The largest absolute Gasteiger partial charge is 0.322 e. The van der Waals surface area contributed by atoms with Gasteiger partial charge in [-0.2, -0.15) is 0 Å². The fourth-order valence-electron chi connectivity index (χ4n) is 3.13. The van der Waals surface area contributed by atoms with Gasteiger partial charge in [0.2, 0.25) is 9.84 Å². The van der Waals surface area contributed by atoms with Gasteiger partial charge in [-0.25, -0.2) is 13.2 Å². The maximum absolute atomic E-state index is 12.6. The van der Waals surface area contributed by atoms with Crippen molar-refractivity contribution >= 4 is 21.6 Å². The number of urea groups is 1. The second-order valence-corrected chi connectivity index (χ2v) is 8.35. The summed E-state index contributed by atoms with van der Waals surface area (Å²) in [4.78, 5) is 14.6. The molecule has 0 saturated heterocycles. The number of carbonyl (C=O) groups excluding carboxylic acids is 1. The average Bonchev–Trinajstić information content (AvgIpc) is 3.13. The van der Waals surface area contributed by atoms with E-state index >= 15 is 0 Å². The molecule has 0 fully saturated rings. The molecule has 5 nitrogen and oxygen atoms in total. The lowest BCUT2D eigenvalue weighted by Crippen LogP contribution is -2.30. The molecule has 3 aromatic rings. The zero-order chi connectivity index (χ0) is 18.9. The predicted octanol–water partition coefficient (Wildman–Crippen LogP) is 4.07. The zero-order valence-electron chi connectivity index (χ0n) is 14.5. The molecular formula is C21H18N2O3S. The number of anilines is 1. The summed E-state index contributed by atoms with van der Waals surface area (Å²) < 4.78 is 25.2. The summed E-state index contributed by atoms with van der Waals surface area (Å²) in [5, 5.41) is 2.83. The number of nitrogens with zero attached hydrogens (tertiary/aromatic N) is 1. The van der Waals surface area contributed by atoms with Crippen LogP contribution >= 0.6 is 0 Å². The van der Waals surface area contributed by atoms with Crippen LogP contribution in [0.3, 0.4) is 0 Å². The summed E-state index contributed by atoms with van der Waals surface area (Å²) in [6.07, 6.45) is 0. The Morgan fingerprint density at radius 1 is 0.741 bits per heavy atom. The smallest absolute Gasteiger partial charge is 0.316 e. The van der Waals surface area contributed by atoms with Crippen molar-refractivity contribution < 1.29 is 13.2 Å². The van der Waals surface area contributed by atoms with Crippen molar-refractivity contribution in [3.63, 3.8) is 0 Å². The van der Waals surface area contributed by atoms with Crippen LogP contribution in [0.1, 0.15) is 11.1 Å². The Balaban J connectivity index is 1.47. The molecule has 0 bridgehead atoms. The summed E-state index contributed by atoms with van der Waals surface area (Å²) in [6.45, 7) is 1.14. The maximum Gasteiger partial charge on any atom is 0.322 e. The topological polar surface area (TPSA) is 66.5 Å². The first-order chi connectivity index (χ1) is 13.0. The van der Waals surface area contributed by atoms with Crippen LogP contribution in [0.5, 0.6) is 0 Å². The third-order valence-corrected chi connectivity index (χ3v) is 6.38. The van der Waals surface area contributed by atoms with E-state index in [1.807, 2.05) is 24.3 Å². The van der Waals surface area contributed by atoms with Crippen molar-refractivity contribution in [3.05, 3.63) is 90.0 Å². The number of benzene rings is 3. The Labute approximate surface area is 158 Å². The van der Waals surface area contributed by atoms with E-state index in [0.717, 1.165) is 11.1 Å². The van der Waals surface area contributed by atoms with Gasteiger partial charge in [0, 0.05) is 18.8 Å². The van der Waals surface area contributed by atoms with Crippen molar-refractivity contribution in [2.45, 2.75) is 22.9 Å².